The highest BCUT2D eigenvalue weighted by atomic mass is 35.5. The van der Waals surface area contributed by atoms with Crippen molar-refractivity contribution in [1.29, 1.82) is 0 Å². The number of rotatable bonds is 6. The Morgan fingerprint density at radius 3 is 2.76 bits per heavy atom. The van der Waals surface area contributed by atoms with Crippen molar-refractivity contribution in [1.82, 2.24) is 20.1 Å². The third-order valence-electron chi connectivity index (χ3n) is 3.32. The van der Waals surface area contributed by atoms with E-state index in [0.29, 0.717) is 22.9 Å². The molecule has 0 saturated heterocycles. The lowest BCUT2D eigenvalue weighted by molar-refractivity contribution is 0.447. The van der Waals surface area contributed by atoms with Crippen molar-refractivity contribution in [2.45, 2.75) is 32.9 Å². The lowest BCUT2D eigenvalue weighted by Crippen LogP contribution is -2.23. The van der Waals surface area contributed by atoms with Crippen molar-refractivity contribution in [3.05, 3.63) is 46.8 Å². The van der Waals surface area contributed by atoms with E-state index in [2.05, 4.69) is 29.2 Å². The van der Waals surface area contributed by atoms with Gasteiger partial charge in [0, 0.05) is 29.6 Å². The molecule has 2 rings (SSSR count). The van der Waals surface area contributed by atoms with Gasteiger partial charge in [-0.15, -0.1) is 0 Å². The third kappa shape index (κ3) is 3.80. The molecule has 1 aromatic carbocycles. The fourth-order valence-electron chi connectivity index (χ4n) is 2.32. The summed E-state index contributed by atoms with van der Waals surface area (Å²) in [6.45, 7) is 5.03. The zero-order chi connectivity index (χ0) is 15.4. The van der Waals surface area contributed by atoms with Gasteiger partial charge in [0.05, 0.1) is 0 Å². The zero-order valence-electron chi connectivity index (χ0n) is 12.5. The van der Waals surface area contributed by atoms with Crippen LogP contribution in [0.4, 0.5) is 4.39 Å². The van der Waals surface area contributed by atoms with Crippen molar-refractivity contribution < 1.29 is 4.39 Å². The standard InChI is InChI=1S/C15H20ClFN4/c1-10(2)8-21-14(19-9-20-21)7-13(18-3)15-11(16)5-4-6-12(15)17/h4-6,9-10,13,18H,7-8H2,1-3H3. The topological polar surface area (TPSA) is 42.7 Å². The molecule has 0 amide bonds. The molecule has 1 heterocycles. The van der Waals surface area contributed by atoms with E-state index in [4.69, 9.17) is 11.6 Å². The Morgan fingerprint density at radius 1 is 1.38 bits per heavy atom. The minimum Gasteiger partial charge on any atom is -0.312 e. The maximum absolute atomic E-state index is 14.1. The summed E-state index contributed by atoms with van der Waals surface area (Å²) in [4.78, 5) is 4.29. The second-order valence-corrected chi connectivity index (χ2v) is 5.84. The van der Waals surface area contributed by atoms with E-state index in [1.807, 2.05) is 4.68 Å². The van der Waals surface area contributed by atoms with Crippen molar-refractivity contribution >= 4 is 11.6 Å². The van der Waals surface area contributed by atoms with Crippen LogP contribution in [0.25, 0.3) is 0 Å². The Kier molecular flexibility index (Phi) is 5.31. The van der Waals surface area contributed by atoms with E-state index in [9.17, 15) is 4.39 Å². The Bertz CT molecular complexity index is 577. The Labute approximate surface area is 129 Å². The molecule has 1 aromatic heterocycles. The predicted molar refractivity (Wildman–Crippen MR) is 81.8 cm³/mol. The first-order chi connectivity index (χ1) is 10.0. The highest BCUT2D eigenvalue weighted by molar-refractivity contribution is 6.31. The number of likely N-dealkylation sites (N-methyl/N-ethyl adjacent to an activating group) is 1. The highest BCUT2D eigenvalue weighted by Gasteiger charge is 2.20. The van der Waals surface area contributed by atoms with Crippen molar-refractivity contribution in [3.63, 3.8) is 0 Å². The van der Waals surface area contributed by atoms with E-state index in [0.717, 1.165) is 12.4 Å². The van der Waals surface area contributed by atoms with Gasteiger partial charge >= 0.3 is 0 Å². The first-order valence-electron chi connectivity index (χ1n) is 7.00. The Morgan fingerprint density at radius 2 is 2.14 bits per heavy atom. The predicted octanol–water partition coefficient (Wildman–Crippen LogP) is 3.23. The lowest BCUT2D eigenvalue weighted by Gasteiger charge is -2.19. The van der Waals surface area contributed by atoms with Crippen LogP contribution >= 0.6 is 11.6 Å². The van der Waals surface area contributed by atoms with Gasteiger partial charge in [-0.1, -0.05) is 31.5 Å². The van der Waals surface area contributed by atoms with Gasteiger partial charge in [-0.3, -0.25) is 0 Å². The molecule has 1 atom stereocenters. The van der Waals surface area contributed by atoms with Crippen LogP contribution in [0.3, 0.4) is 0 Å². The van der Waals surface area contributed by atoms with Gasteiger partial charge < -0.3 is 5.32 Å². The highest BCUT2D eigenvalue weighted by Crippen LogP contribution is 2.27. The van der Waals surface area contributed by atoms with Gasteiger partial charge in [0.25, 0.3) is 0 Å². The summed E-state index contributed by atoms with van der Waals surface area (Å²) in [6.07, 6.45) is 2.07. The summed E-state index contributed by atoms with van der Waals surface area (Å²) >= 11 is 6.14. The van der Waals surface area contributed by atoms with Crippen LogP contribution in [0.15, 0.2) is 24.5 Å². The van der Waals surface area contributed by atoms with Crippen LogP contribution in [0, 0.1) is 11.7 Å². The molecule has 1 N–H and O–H groups in total. The SMILES string of the molecule is CNC(Cc1ncnn1CC(C)C)c1c(F)cccc1Cl. The van der Waals surface area contributed by atoms with Crippen LogP contribution < -0.4 is 5.32 Å². The molecule has 114 valence electrons. The summed E-state index contributed by atoms with van der Waals surface area (Å²) in [5, 5.41) is 7.77. The van der Waals surface area contributed by atoms with Crippen LogP contribution in [-0.4, -0.2) is 21.8 Å². The normalized spacial score (nSPS) is 12.9. The molecule has 21 heavy (non-hydrogen) atoms. The zero-order valence-corrected chi connectivity index (χ0v) is 13.2. The lowest BCUT2D eigenvalue weighted by atomic mass is 10.0. The molecular formula is C15H20ClFN4. The van der Waals surface area contributed by atoms with E-state index in [-0.39, 0.29) is 11.9 Å². The van der Waals surface area contributed by atoms with Crippen molar-refractivity contribution in [2.24, 2.45) is 5.92 Å². The first-order valence-corrected chi connectivity index (χ1v) is 7.38. The fourth-order valence-corrected chi connectivity index (χ4v) is 2.61. The number of hydrogen-bond donors (Lipinski definition) is 1. The number of nitrogens with zero attached hydrogens (tertiary/aromatic N) is 3. The monoisotopic (exact) mass is 310 g/mol. The third-order valence-corrected chi connectivity index (χ3v) is 3.65. The van der Waals surface area contributed by atoms with Gasteiger partial charge in [-0.05, 0) is 25.1 Å². The molecule has 0 aliphatic rings. The molecule has 0 aliphatic carbocycles. The van der Waals surface area contributed by atoms with Crippen molar-refractivity contribution in [3.8, 4) is 0 Å². The summed E-state index contributed by atoms with van der Waals surface area (Å²) in [5.41, 5.74) is 0.473. The van der Waals surface area contributed by atoms with E-state index in [1.165, 1.54) is 12.4 Å². The van der Waals surface area contributed by atoms with Gasteiger partial charge in [0.2, 0.25) is 0 Å². The Balaban J connectivity index is 2.26. The molecule has 0 aliphatic heterocycles. The maximum atomic E-state index is 14.1. The van der Waals surface area contributed by atoms with Gasteiger partial charge in [0.15, 0.2) is 0 Å². The quantitative estimate of drug-likeness (QED) is 0.891. The minimum absolute atomic E-state index is 0.242. The van der Waals surface area contributed by atoms with E-state index >= 15 is 0 Å². The Hall–Kier alpha value is -1.46. The van der Waals surface area contributed by atoms with Gasteiger partial charge in [0.1, 0.15) is 18.0 Å². The molecule has 0 fully saturated rings. The summed E-state index contributed by atoms with van der Waals surface area (Å²) < 4.78 is 15.9. The largest absolute Gasteiger partial charge is 0.312 e. The fraction of sp³-hybridized carbons (Fsp3) is 0.467. The second-order valence-electron chi connectivity index (χ2n) is 5.43. The number of hydrogen-bond acceptors (Lipinski definition) is 3. The molecule has 0 saturated carbocycles. The smallest absolute Gasteiger partial charge is 0.138 e. The molecule has 4 nitrogen and oxygen atoms in total. The van der Waals surface area contributed by atoms with Crippen molar-refractivity contribution in [2.75, 3.05) is 7.05 Å². The molecule has 1 unspecified atom stereocenters. The average molecular weight is 311 g/mol. The van der Waals surface area contributed by atoms with E-state index in [1.54, 1.807) is 19.2 Å². The van der Waals surface area contributed by atoms with Crippen LogP contribution in [-0.2, 0) is 13.0 Å². The number of nitrogens with one attached hydrogen (secondary N) is 1. The first kappa shape index (κ1) is 15.9. The average Bonchev–Trinajstić information content (AvgIpc) is 2.83. The van der Waals surface area contributed by atoms with Crippen LogP contribution in [0.1, 0.15) is 31.3 Å². The maximum Gasteiger partial charge on any atom is 0.138 e. The molecular weight excluding hydrogens is 291 g/mol. The van der Waals surface area contributed by atoms with E-state index < -0.39 is 0 Å². The van der Waals surface area contributed by atoms with Crippen LogP contribution in [0.5, 0.6) is 0 Å². The second kappa shape index (κ2) is 7.00. The number of benzene rings is 1. The van der Waals surface area contributed by atoms with Gasteiger partial charge in [-0.2, -0.15) is 5.10 Å². The summed E-state index contributed by atoms with van der Waals surface area (Å²) in [7, 11) is 1.79. The number of halogens is 2. The van der Waals surface area contributed by atoms with Gasteiger partial charge in [-0.25, -0.2) is 14.1 Å². The molecule has 0 bridgehead atoms. The van der Waals surface area contributed by atoms with Crippen LogP contribution in [0.2, 0.25) is 5.02 Å². The minimum atomic E-state index is -0.309. The summed E-state index contributed by atoms with van der Waals surface area (Å²) in [6, 6.07) is 4.48. The number of aromatic nitrogens is 3. The molecule has 0 spiro atoms. The summed E-state index contributed by atoms with van der Waals surface area (Å²) in [5.74, 6) is 0.981. The molecule has 0 radical (unpaired) electrons. The molecule has 2 aromatic rings. The molecule has 6 heteroatoms.